The van der Waals surface area contributed by atoms with E-state index in [1.165, 1.54) is 12.1 Å². The van der Waals surface area contributed by atoms with Crippen LogP contribution in [0.25, 0.3) is 0 Å². The first-order valence-electron chi connectivity index (χ1n) is 6.05. The van der Waals surface area contributed by atoms with Gasteiger partial charge in [-0.15, -0.1) is 0 Å². The van der Waals surface area contributed by atoms with Gasteiger partial charge in [0.25, 0.3) is 0 Å². The highest BCUT2D eigenvalue weighted by Gasteiger charge is 2.18. The van der Waals surface area contributed by atoms with Crippen molar-refractivity contribution in [3.8, 4) is 0 Å². The van der Waals surface area contributed by atoms with Crippen molar-refractivity contribution in [2.45, 2.75) is 13.2 Å². The summed E-state index contributed by atoms with van der Waals surface area (Å²) in [6.07, 6.45) is 0. The Bertz CT molecular complexity index is 715. The van der Waals surface area contributed by atoms with Crippen LogP contribution in [0.2, 0.25) is 0 Å². The van der Waals surface area contributed by atoms with E-state index in [0.717, 1.165) is 11.1 Å². The number of fused-ring (bicyclic) bond motifs is 1. The molecule has 2 aromatic carbocycles. The number of hydrogen-bond donors (Lipinski definition) is 1. The Labute approximate surface area is 123 Å². The summed E-state index contributed by atoms with van der Waals surface area (Å²) in [4.78, 5) is 12.5. The van der Waals surface area contributed by atoms with Gasteiger partial charge in [0.1, 0.15) is 5.82 Å². The minimum absolute atomic E-state index is 0.0407. The summed E-state index contributed by atoms with van der Waals surface area (Å²) >= 11 is 3.20. The Morgan fingerprint density at radius 3 is 2.75 bits per heavy atom. The van der Waals surface area contributed by atoms with Crippen molar-refractivity contribution in [3.63, 3.8) is 0 Å². The summed E-state index contributed by atoms with van der Waals surface area (Å²) in [7, 11) is 0. The van der Waals surface area contributed by atoms with Gasteiger partial charge in [-0.05, 0) is 45.3 Å². The predicted octanol–water partition coefficient (Wildman–Crippen LogP) is 3.43. The molecule has 1 aliphatic rings. The van der Waals surface area contributed by atoms with Gasteiger partial charge >= 0.3 is 0 Å². The SMILES string of the molecule is Nc1cc(C(=O)c2ccc3c(c2)COC3)c(Br)cc1F. The number of anilines is 1. The summed E-state index contributed by atoms with van der Waals surface area (Å²) in [5.41, 5.74) is 8.49. The minimum Gasteiger partial charge on any atom is -0.396 e. The van der Waals surface area contributed by atoms with Crippen molar-refractivity contribution < 1.29 is 13.9 Å². The Morgan fingerprint density at radius 2 is 1.95 bits per heavy atom. The molecule has 3 rings (SSSR count). The summed E-state index contributed by atoms with van der Waals surface area (Å²) < 4.78 is 19.0. The van der Waals surface area contributed by atoms with Crippen molar-refractivity contribution in [1.82, 2.24) is 0 Å². The number of halogens is 2. The molecule has 2 aromatic rings. The molecule has 0 spiro atoms. The van der Waals surface area contributed by atoms with Crippen molar-refractivity contribution in [2.24, 2.45) is 0 Å². The third-order valence-electron chi connectivity index (χ3n) is 3.31. The molecule has 0 atom stereocenters. The molecule has 0 saturated heterocycles. The fourth-order valence-corrected chi connectivity index (χ4v) is 2.70. The molecular formula is C15H11BrFNO2. The zero-order valence-corrected chi connectivity index (χ0v) is 12.0. The number of hydrogen-bond acceptors (Lipinski definition) is 3. The van der Waals surface area contributed by atoms with Crippen LogP contribution in [0.3, 0.4) is 0 Å². The number of benzene rings is 2. The summed E-state index contributed by atoms with van der Waals surface area (Å²) in [5.74, 6) is -0.742. The largest absolute Gasteiger partial charge is 0.396 e. The van der Waals surface area contributed by atoms with Crippen molar-refractivity contribution >= 4 is 27.4 Å². The van der Waals surface area contributed by atoms with Gasteiger partial charge in [-0.25, -0.2) is 4.39 Å². The number of ether oxygens (including phenoxy) is 1. The Hall–Kier alpha value is -1.72. The van der Waals surface area contributed by atoms with Gasteiger partial charge in [0.05, 0.1) is 18.9 Å². The molecule has 0 aromatic heterocycles. The Kier molecular flexibility index (Phi) is 3.31. The normalized spacial score (nSPS) is 13.3. The van der Waals surface area contributed by atoms with Crippen molar-refractivity contribution in [3.05, 3.63) is 62.9 Å². The first-order valence-corrected chi connectivity index (χ1v) is 6.84. The Balaban J connectivity index is 2.03. The number of carbonyl (C=O) groups is 1. The van der Waals surface area contributed by atoms with Gasteiger partial charge in [-0.1, -0.05) is 12.1 Å². The van der Waals surface area contributed by atoms with E-state index >= 15 is 0 Å². The maximum absolute atomic E-state index is 13.3. The average molecular weight is 336 g/mol. The highest BCUT2D eigenvalue weighted by atomic mass is 79.9. The molecule has 1 heterocycles. The molecule has 20 heavy (non-hydrogen) atoms. The van der Waals surface area contributed by atoms with E-state index in [4.69, 9.17) is 10.5 Å². The second-order valence-electron chi connectivity index (χ2n) is 4.66. The fraction of sp³-hybridized carbons (Fsp3) is 0.133. The summed E-state index contributed by atoms with van der Waals surface area (Å²) in [6, 6.07) is 8.01. The van der Waals surface area contributed by atoms with E-state index in [2.05, 4.69) is 15.9 Å². The lowest BCUT2D eigenvalue weighted by Crippen LogP contribution is -2.05. The van der Waals surface area contributed by atoms with Crippen LogP contribution in [-0.2, 0) is 18.0 Å². The third-order valence-corrected chi connectivity index (χ3v) is 3.97. The summed E-state index contributed by atoms with van der Waals surface area (Å²) in [5, 5.41) is 0. The maximum Gasteiger partial charge on any atom is 0.194 e. The van der Waals surface area contributed by atoms with Crippen LogP contribution in [0.5, 0.6) is 0 Å². The fourth-order valence-electron chi connectivity index (χ4n) is 2.21. The number of nitrogen functional groups attached to an aromatic ring is 1. The molecule has 0 bridgehead atoms. The van der Waals surface area contributed by atoms with E-state index in [0.29, 0.717) is 28.8 Å². The van der Waals surface area contributed by atoms with Crippen LogP contribution < -0.4 is 5.73 Å². The topological polar surface area (TPSA) is 52.3 Å². The van der Waals surface area contributed by atoms with Gasteiger partial charge < -0.3 is 10.5 Å². The zero-order chi connectivity index (χ0) is 14.3. The minimum atomic E-state index is -0.546. The molecule has 2 N–H and O–H groups in total. The molecule has 0 fully saturated rings. The van der Waals surface area contributed by atoms with Crippen LogP contribution in [0, 0.1) is 5.82 Å². The second kappa shape index (κ2) is 5.00. The van der Waals surface area contributed by atoms with Crippen molar-refractivity contribution in [2.75, 3.05) is 5.73 Å². The van der Waals surface area contributed by atoms with Crippen molar-refractivity contribution in [1.29, 1.82) is 0 Å². The lowest BCUT2D eigenvalue weighted by atomic mass is 9.99. The standard InChI is InChI=1S/C15H11BrFNO2/c16-12-5-13(17)14(18)4-11(12)15(19)8-1-2-9-6-20-7-10(9)3-8/h1-5H,6-7,18H2. The zero-order valence-electron chi connectivity index (χ0n) is 10.5. The smallest absolute Gasteiger partial charge is 0.194 e. The van der Waals surface area contributed by atoms with Crippen LogP contribution in [0.4, 0.5) is 10.1 Å². The monoisotopic (exact) mass is 335 g/mol. The second-order valence-corrected chi connectivity index (χ2v) is 5.51. The van der Waals surface area contributed by atoms with Crippen LogP contribution in [0.15, 0.2) is 34.8 Å². The van der Waals surface area contributed by atoms with Crippen LogP contribution >= 0.6 is 15.9 Å². The van der Waals surface area contributed by atoms with Gasteiger partial charge in [0, 0.05) is 15.6 Å². The average Bonchev–Trinajstić information content (AvgIpc) is 2.89. The molecule has 0 radical (unpaired) electrons. The molecule has 0 amide bonds. The van der Waals surface area contributed by atoms with Crippen LogP contribution in [0.1, 0.15) is 27.0 Å². The number of rotatable bonds is 2. The molecule has 0 saturated carbocycles. The first-order chi connectivity index (χ1) is 9.56. The van der Waals surface area contributed by atoms with Crippen LogP contribution in [-0.4, -0.2) is 5.78 Å². The molecule has 102 valence electrons. The van der Waals surface area contributed by atoms with E-state index in [-0.39, 0.29) is 11.5 Å². The van der Waals surface area contributed by atoms with Gasteiger partial charge in [-0.2, -0.15) is 0 Å². The first kappa shape index (κ1) is 13.3. The number of carbonyl (C=O) groups excluding carboxylic acids is 1. The highest BCUT2D eigenvalue weighted by Crippen LogP contribution is 2.27. The van der Waals surface area contributed by atoms with Gasteiger partial charge in [0.15, 0.2) is 5.78 Å². The van der Waals surface area contributed by atoms with Gasteiger partial charge in [0.2, 0.25) is 0 Å². The quantitative estimate of drug-likeness (QED) is 0.675. The maximum atomic E-state index is 13.3. The molecule has 3 nitrogen and oxygen atoms in total. The molecule has 1 aliphatic heterocycles. The van der Waals surface area contributed by atoms with E-state index < -0.39 is 5.82 Å². The highest BCUT2D eigenvalue weighted by molar-refractivity contribution is 9.10. The molecular weight excluding hydrogens is 325 g/mol. The lowest BCUT2D eigenvalue weighted by molar-refractivity contribution is 0.103. The van der Waals surface area contributed by atoms with Gasteiger partial charge in [-0.3, -0.25) is 4.79 Å². The van der Waals surface area contributed by atoms with E-state index in [1.54, 1.807) is 6.07 Å². The molecule has 5 heteroatoms. The molecule has 0 aliphatic carbocycles. The van der Waals surface area contributed by atoms with E-state index in [9.17, 15) is 9.18 Å². The van der Waals surface area contributed by atoms with E-state index in [1.807, 2.05) is 12.1 Å². The Morgan fingerprint density at radius 1 is 1.20 bits per heavy atom. The number of ketones is 1. The third kappa shape index (κ3) is 2.23. The number of nitrogens with two attached hydrogens (primary N) is 1. The molecule has 0 unspecified atom stereocenters. The predicted molar refractivity (Wildman–Crippen MR) is 76.9 cm³/mol. The lowest BCUT2D eigenvalue weighted by Gasteiger charge is -2.07. The summed E-state index contributed by atoms with van der Waals surface area (Å²) in [6.45, 7) is 1.10.